The lowest BCUT2D eigenvalue weighted by Crippen LogP contribution is -2.44. The Morgan fingerprint density at radius 2 is 1.85 bits per heavy atom. The largest absolute Gasteiger partial charge is 0.348 e. The Balaban J connectivity index is 1.53. The van der Waals surface area contributed by atoms with Gasteiger partial charge < -0.3 is 4.90 Å². The number of amides is 1. The van der Waals surface area contributed by atoms with Crippen LogP contribution in [0.1, 0.15) is 22.3 Å². The number of benzene rings is 2. The topological polar surface area (TPSA) is 35.6 Å². The minimum absolute atomic E-state index is 0.220. The van der Waals surface area contributed by atoms with Gasteiger partial charge in [-0.1, -0.05) is 48.0 Å². The second-order valence-electron chi connectivity index (χ2n) is 6.37. The fourth-order valence-electron chi connectivity index (χ4n) is 3.05. The number of nitrogens with zero attached hydrogens (tertiary/aromatic N) is 2. The van der Waals surface area contributed by atoms with Gasteiger partial charge in [0, 0.05) is 43.3 Å². The summed E-state index contributed by atoms with van der Waals surface area (Å²) in [5, 5.41) is 3.85. The maximum atomic E-state index is 12.3. The van der Waals surface area contributed by atoms with Crippen LogP contribution in [0.4, 0.5) is 0 Å². The molecule has 1 amide bonds. The molecule has 0 spiro atoms. The molecule has 0 aromatic heterocycles. The average molecular weight is 388 g/mol. The van der Waals surface area contributed by atoms with Crippen molar-refractivity contribution < 1.29 is 4.79 Å². The molecule has 1 saturated heterocycles. The molecule has 2 aromatic carbocycles. The summed E-state index contributed by atoms with van der Waals surface area (Å²) in [6.07, 6.45) is 1.01. The maximum Gasteiger partial charge on any atom is 0.257 e. The van der Waals surface area contributed by atoms with E-state index in [0.29, 0.717) is 15.7 Å². The molecule has 136 valence electrons. The molecule has 1 aliphatic rings. The van der Waals surface area contributed by atoms with Gasteiger partial charge in [-0.25, -0.2) is 0 Å². The number of hydrogen-bond acceptors (Lipinski definition) is 3. The van der Waals surface area contributed by atoms with E-state index in [-0.39, 0.29) is 5.91 Å². The van der Waals surface area contributed by atoms with Crippen LogP contribution in [0.25, 0.3) is 0 Å². The lowest BCUT2D eigenvalue weighted by Gasteiger charge is -2.24. The van der Waals surface area contributed by atoms with Crippen LogP contribution in [0, 0.1) is 0 Å². The van der Waals surface area contributed by atoms with Crippen molar-refractivity contribution in [3.8, 4) is 0 Å². The summed E-state index contributed by atoms with van der Waals surface area (Å²) in [5.74, 6) is -0.220. The van der Waals surface area contributed by atoms with Gasteiger partial charge in [-0.2, -0.15) is 0 Å². The van der Waals surface area contributed by atoms with E-state index in [0.717, 1.165) is 39.1 Å². The summed E-state index contributed by atoms with van der Waals surface area (Å²) in [5.41, 5.74) is 1.83. The van der Waals surface area contributed by atoms with Crippen LogP contribution in [0.3, 0.4) is 0 Å². The third kappa shape index (κ3) is 5.27. The first kappa shape index (κ1) is 18.8. The molecule has 6 heteroatoms. The fourth-order valence-corrected chi connectivity index (χ4v) is 3.52. The lowest BCUT2D eigenvalue weighted by atomic mass is 10.2. The predicted molar refractivity (Wildman–Crippen MR) is 109 cm³/mol. The van der Waals surface area contributed by atoms with Gasteiger partial charge in [0.25, 0.3) is 5.91 Å². The quantitative estimate of drug-likeness (QED) is 0.817. The van der Waals surface area contributed by atoms with Crippen LogP contribution < -0.4 is 5.32 Å². The predicted octanol–water partition coefficient (Wildman–Crippen LogP) is 3.56. The summed E-state index contributed by atoms with van der Waals surface area (Å²) < 4.78 is 0. The molecule has 4 nitrogen and oxygen atoms in total. The van der Waals surface area contributed by atoms with Crippen LogP contribution >= 0.6 is 23.8 Å². The number of hydrogen-bond donors (Lipinski definition) is 1. The number of halogens is 1. The average Bonchev–Trinajstić information content (AvgIpc) is 2.88. The zero-order valence-corrected chi connectivity index (χ0v) is 16.1. The molecule has 0 unspecified atom stereocenters. The van der Waals surface area contributed by atoms with E-state index < -0.39 is 0 Å². The van der Waals surface area contributed by atoms with Crippen molar-refractivity contribution in [2.45, 2.75) is 13.0 Å². The molecular formula is C20H22ClN3OS. The van der Waals surface area contributed by atoms with Crippen molar-refractivity contribution >= 4 is 34.8 Å². The van der Waals surface area contributed by atoms with Crippen molar-refractivity contribution in [3.05, 3.63) is 70.7 Å². The molecule has 1 fully saturated rings. The van der Waals surface area contributed by atoms with Crippen LogP contribution in [0.2, 0.25) is 5.02 Å². The van der Waals surface area contributed by atoms with E-state index in [2.05, 4.69) is 39.4 Å². The third-order valence-electron chi connectivity index (χ3n) is 4.43. The Morgan fingerprint density at radius 1 is 1.04 bits per heavy atom. The zero-order chi connectivity index (χ0) is 18.4. The molecule has 0 atom stereocenters. The molecule has 3 rings (SSSR count). The second kappa shape index (κ2) is 9.12. The van der Waals surface area contributed by atoms with E-state index in [4.69, 9.17) is 23.8 Å². The Kier molecular flexibility index (Phi) is 6.61. The van der Waals surface area contributed by atoms with Gasteiger partial charge in [0.2, 0.25) is 0 Å². The van der Waals surface area contributed by atoms with Gasteiger partial charge in [-0.3, -0.25) is 15.0 Å². The molecule has 1 N–H and O–H groups in total. The van der Waals surface area contributed by atoms with Gasteiger partial charge in [0.1, 0.15) is 0 Å². The minimum atomic E-state index is -0.220. The van der Waals surface area contributed by atoms with Crippen LogP contribution in [0.15, 0.2) is 54.6 Å². The van der Waals surface area contributed by atoms with Gasteiger partial charge in [-0.15, -0.1) is 0 Å². The van der Waals surface area contributed by atoms with Crippen LogP contribution in [-0.4, -0.2) is 47.0 Å². The normalized spacial score (nSPS) is 15.3. The third-order valence-corrected chi connectivity index (χ3v) is 5.03. The highest BCUT2D eigenvalue weighted by Crippen LogP contribution is 2.12. The minimum Gasteiger partial charge on any atom is -0.348 e. The summed E-state index contributed by atoms with van der Waals surface area (Å²) >= 11 is 11.4. The number of rotatable bonds is 3. The molecular weight excluding hydrogens is 366 g/mol. The van der Waals surface area contributed by atoms with Crippen molar-refractivity contribution in [3.63, 3.8) is 0 Å². The standard InChI is InChI=1S/C20H22ClN3OS/c21-18-9-4-8-17(14-18)19(25)22-20(26)24-11-5-10-23(12-13-24)15-16-6-2-1-3-7-16/h1-4,6-9,14H,5,10-13,15H2,(H,22,25,26). The summed E-state index contributed by atoms with van der Waals surface area (Å²) in [4.78, 5) is 16.8. The summed E-state index contributed by atoms with van der Waals surface area (Å²) in [6, 6.07) is 17.4. The van der Waals surface area contributed by atoms with Gasteiger partial charge in [0.05, 0.1) is 0 Å². The Bertz CT molecular complexity index is 769. The van der Waals surface area contributed by atoms with Gasteiger partial charge >= 0.3 is 0 Å². The first-order valence-corrected chi connectivity index (χ1v) is 9.52. The van der Waals surface area contributed by atoms with Crippen molar-refractivity contribution in [2.75, 3.05) is 26.2 Å². The monoisotopic (exact) mass is 387 g/mol. The second-order valence-corrected chi connectivity index (χ2v) is 7.20. The molecule has 1 heterocycles. The summed E-state index contributed by atoms with van der Waals surface area (Å²) in [7, 11) is 0. The Hall–Kier alpha value is -1.95. The highest BCUT2D eigenvalue weighted by Gasteiger charge is 2.19. The SMILES string of the molecule is O=C(NC(=S)N1CCCN(Cc2ccccc2)CC1)c1cccc(Cl)c1. The molecule has 0 radical (unpaired) electrons. The maximum absolute atomic E-state index is 12.3. The highest BCUT2D eigenvalue weighted by atomic mass is 35.5. The van der Waals surface area contributed by atoms with Crippen molar-refractivity contribution in [1.82, 2.24) is 15.1 Å². The van der Waals surface area contributed by atoms with Gasteiger partial charge in [-0.05, 0) is 42.4 Å². The summed E-state index contributed by atoms with van der Waals surface area (Å²) in [6.45, 7) is 4.54. The Morgan fingerprint density at radius 3 is 2.62 bits per heavy atom. The zero-order valence-electron chi connectivity index (χ0n) is 14.5. The lowest BCUT2D eigenvalue weighted by molar-refractivity contribution is 0.0973. The molecule has 0 bridgehead atoms. The van der Waals surface area contributed by atoms with E-state index >= 15 is 0 Å². The Labute approximate surface area is 164 Å². The van der Waals surface area contributed by atoms with Crippen molar-refractivity contribution in [1.29, 1.82) is 0 Å². The van der Waals surface area contributed by atoms with Crippen LogP contribution in [-0.2, 0) is 6.54 Å². The molecule has 1 aliphatic heterocycles. The number of thiocarbonyl (C=S) groups is 1. The fraction of sp³-hybridized carbons (Fsp3) is 0.300. The van der Waals surface area contributed by atoms with Crippen LogP contribution in [0.5, 0.6) is 0 Å². The number of carbonyl (C=O) groups excluding carboxylic acids is 1. The molecule has 0 saturated carbocycles. The highest BCUT2D eigenvalue weighted by molar-refractivity contribution is 7.80. The first-order chi connectivity index (χ1) is 12.6. The van der Waals surface area contributed by atoms with Crippen molar-refractivity contribution in [2.24, 2.45) is 0 Å². The molecule has 2 aromatic rings. The van der Waals surface area contributed by atoms with E-state index in [1.807, 2.05) is 6.07 Å². The van der Waals surface area contributed by atoms with E-state index in [9.17, 15) is 4.79 Å². The molecule has 26 heavy (non-hydrogen) atoms. The number of nitrogens with one attached hydrogen (secondary N) is 1. The number of carbonyl (C=O) groups is 1. The van der Waals surface area contributed by atoms with Gasteiger partial charge in [0.15, 0.2) is 5.11 Å². The smallest absolute Gasteiger partial charge is 0.257 e. The molecule has 0 aliphatic carbocycles. The first-order valence-electron chi connectivity index (χ1n) is 8.74. The van der Waals surface area contributed by atoms with E-state index in [1.54, 1.807) is 24.3 Å². The van der Waals surface area contributed by atoms with E-state index in [1.165, 1.54) is 5.56 Å².